The summed E-state index contributed by atoms with van der Waals surface area (Å²) < 4.78 is 3.23. The van der Waals surface area contributed by atoms with Crippen LogP contribution in [-0.4, -0.2) is 69.4 Å². The van der Waals surface area contributed by atoms with E-state index in [0.717, 1.165) is 70.2 Å². The number of rotatable bonds is 5. The van der Waals surface area contributed by atoms with Crippen molar-refractivity contribution in [1.29, 1.82) is 0 Å². The molecule has 0 saturated carbocycles. The number of aromatic nitrogens is 4. The molecule has 9 nitrogen and oxygen atoms in total. The van der Waals surface area contributed by atoms with E-state index in [1.54, 1.807) is 23.7 Å². The van der Waals surface area contributed by atoms with Gasteiger partial charge in [0, 0.05) is 37.3 Å². The molecule has 0 unspecified atom stereocenters. The van der Waals surface area contributed by atoms with Gasteiger partial charge in [-0.25, -0.2) is 4.98 Å². The molecule has 1 aliphatic heterocycles. The van der Waals surface area contributed by atoms with Crippen molar-refractivity contribution in [1.82, 2.24) is 29.6 Å². The van der Waals surface area contributed by atoms with Gasteiger partial charge in [0.15, 0.2) is 0 Å². The van der Waals surface area contributed by atoms with Crippen LogP contribution >= 0.6 is 11.3 Å². The molecule has 5 heterocycles. The van der Waals surface area contributed by atoms with Crippen molar-refractivity contribution < 1.29 is 4.79 Å². The SMILES string of the molecule is Cc1cnc(CNC(=O)c2c(=NC(C)C)c3ccc(N4CCCN(C)CC4)nc3n3c2sc2ccccc23)cn1. The van der Waals surface area contributed by atoms with Gasteiger partial charge in [-0.1, -0.05) is 12.1 Å². The zero-order valence-electron chi connectivity index (χ0n) is 23.4. The van der Waals surface area contributed by atoms with E-state index in [0.29, 0.717) is 16.6 Å². The molecule has 1 amide bonds. The van der Waals surface area contributed by atoms with Crippen LogP contribution in [0.1, 0.15) is 42.0 Å². The Kier molecular flexibility index (Phi) is 7.20. The molecule has 1 aromatic carbocycles. The van der Waals surface area contributed by atoms with E-state index in [-0.39, 0.29) is 18.5 Å². The van der Waals surface area contributed by atoms with Crippen molar-refractivity contribution in [3.05, 3.63) is 71.1 Å². The van der Waals surface area contributed by atoms with Crippen molar-refractivity contribution in [2.45, 2.75) is 39.8 Å². The fourth-order valence-electron chi connectivity index (χ4n) is 5.21. The van der Waals surface area contributed by atoms with Gasteiger partial charge in [0.25, 0.3) is 5.91 Å². The third-order valence-corrected chi connectivity index (χ3v) is 8.36. The molecule has 10 heteroatoms. The number of carbonyl (C=O) groups is 1. The Bertz CT molecular complexity index is 1770. The second kappa shape index (κ2) is 10.9. The molecule has 40 heavy (non-hydrogen) atoms. The second-order valence-corrected chi connectivity index (χ2v) is 11.7. The number of benzene rings is 1. The van der Waals surface area contributed by atoms with Crippen LogP contribution in [0.5, 0.6) is 0 Å². The van der Waals surface area contributed by atoms with Crippen LogP contribution in [0.2, 0.25) is 0 Å². The number of fused-ring (bicyclic) bond motifs is 5. The molecule has 0 radical (unpaired) electrons. The van der Waals surface area contributed by atoms with Crippen molar-refractivity contribution >= 4 is 49.1 Å². The minimum Gasteiger partial charge on any atom is -0.355 e. The van der Waals surface area contributed by atoms with Gasteiger partial charge in [-0.2, -0.15) is 0 Å². The number of hydrogen-bond donors (Lipinski definition) is 1. The van der Waals surface area contributed by atoms with Crippen LogP contribution in [0.15, 0.2) is 53.8 Å². The molecule has 0 atom stereocenters. The van der Waals surface area contributed by atoms with Crippen LogP contribution in [-0.2, 0) is 6.54 Å². The molecule has 6 rings (SSSR count). The molecule has 1 saturated heterocycles. The van der Waals surface area contributed by atoms with E-state index in [1.807, 2.05) is 32.9 Å². The number of anilines is 1. The summed E-state index contributed by atoms with van der Waals surface area (Å²) in [4.78, 5) is 38.5. The number of nitrogens with one attached hydrogen (secondary N) is 1. The molecule has 4 aromatic heterocycles. The molecule has 0 aliphatic carbocycles. The van der Waals surface area contributed by atoms with Crippen LogP contribution < -0.4 is 15.6 Å². The van der Waals surface area contributed by atoms with Crippen molar-refractivity contribution in [3.63, 3.8) is 0 Å². The lowest BCUT2D eigenvalue weighted by molar-refractivity contribution is 0.0950. The lowest BCUT2D eigenvalue weighted by Gasteiger charge is -2.22. The van der Waals surface area contributed by atoms with Gasteiger partial charge in [-0.3, -0.25) is 24.2 Å². The smallest absolute Gasteiger partial charge is 0.256 e. The predicted octanol–water partition coefficient (Wildman–Crippen LogP) is 4.18. The highest BCUT2D eigenvalue weighted by Crippen LogP contribution is 2.31. The molecular formula is C30H34N8OS. The van der Waals surface area contributed by atoms with E-state index in [2.05, 4.69) is 60.8 Å². The maximum atomic E-state index is 13.9. The van der Waals surface area contributed by atoms with E-state index in [9.17, 15) is 4.79 Å². The zero-order chi connectivity index (χ0) is 27.8. The third kappa shape index (κ3) is 5.04. The van der Waals surface area contributed by atoms with Gasteiger partial charge >= 0.3 is 0 Å². The summed E-state index contributed by atoms with van der Waals surface area (Å²) in [6.07, 6.45) is 4.51. The number of hydrogen-bond acceptors (Lipinski definition) is 8. The highest BCUT2D eigenvalue weighted by atomic mass is 32.1. The Morgan fingerprint density at radius 3 is 2.73 bits per heavy atom. The molecule has 1 N–H and O–H groups in total. The number of thiazole rings is 1. The lowest BCUT2D eigenvalue weighted by atomic mass is 10.1. The lowest BCUT2D eigenvalue weighted by Crippen LogP contribution is -2.31. The monoisotopic (exact) mass is 554 g/mol. The summed E-state index contributed by atoms with van der Waals surface area (Å²) in [5.74, 6) is 0.768. The Morgan fingerprint density at radius 2 is 1.93 bits per heavy atom. The van der Waals surface area contributed by atoms with E-state index in [1.165, 1.54) is 0 Å². The van der Waals surface area contributed by atoms with Crippen LogP contribution in [0.4, 0.5) is 5.82 Å². The van der Waals surface area contributed by atoms with Gasteiger partial charge in [0.2, 0.25) is 0 Å². The fourth-order valence-corrected chi connectivity index (χ4v) is 6.40. The quantitative estimate of drug-likeness (QED) is 0.351. The number of para-hydroxylation sites is 1. The number of aryl methyl sites for hydroxylation is 1. The molecule has 0 bridgehead atoms. The first-order valence-electron chi connectivity index (χ1n) is 13.8. The van der Waals surface area contributed by atoms with Gasteiger partial charge in [-0.05, 0) is 65.0 Å². The number of carbonyl (C=O) groups excluding carboxylic acids is 1. The summed E-state index contributed by atoms with van der Waals surface area (Å²) >= 11 is 1.60. The molecule has 0 spiro atoms. The Hall–Kier alpha value is -3.89. The maximum Gasteiger partial charge on any atom is 0.256 e. The first kappa shape index (κ1) is 26.3. The highest BCUT2D eigenvalue weighted by molar-refractivity contribution is 7.24. The largest absolute Gasteiger partial charge is 0.355 e. The molecule has 5 aromatic rings. The minimum absolute atomic E-state index is 0.00429. The van der Waals surface area contributed by atoms with Gasteiger partial charge < -0.3 is 15.1 Å². The first-order valence-corrected chi connectivity index (χ1v) is 14.6. The number of likely N-dealkylation sites (N-methyl/N-ethyl adjacent to an activating group) is 1. The molecule has 1 aliphatic rings. The third-order valence-electron chi connectivity index (χ3n) is 7.22. The number of nitrogens with zero attached hydrogens (tertiary/aromatic N) is 7. The van der Waals surface area contributed by atoms with Crippen LogP contribution in [0.3, 0.4) is 0 Å². The topological polar surface area (TPSA) is 91.0 Å². The summed E-state index contributed by atoms with van der Waals surface area (Å²) in [6.45, 7) is 10.2. The van der Waals surface area contributed by atoms with E-state index >= 15 is 0 Å². The van der Waals surface area contributed by atoms with Crippen LogP contribution in [0, 0.1) is 6.92 Å². The average molecular weight is 555 g/mol. The van der Waals surface area contributed by atoms with Gasteiger partial charge in [0.1, 0.15) is 16.3 Å². The van der Waals surface area contributed by atoms with Gasteiger partial charge in [0.05, 0.1) is 45.3 Å². The van der Waals surface area contributed by atoms with Crippen LogP contribution in [0.25, 0.3) is 26.1 Å². The summed E-state index contributed by atoms with van der Waals surface area (Å²) in [6, 6.07) is 12.4. The van der Waals surface area contributed by atoms with Gasteiger partial charge in [-0.15, -0.1) is 11.3 Å². The number of pyridine rings is 2. The summed E-state index contributed by atoms with van der Waals surface area (Å²) in [5, 5.41) is 4.63. The Morgan fingerprint density at radius 1 is 1.07 bits per heavy atom. The molecule has 206 valence electrons. The molecule has 1 fully saturated rings. The van der Waals surface area contributed by atoms with Crippen molar-refractivity contribution in [2.24, 2.45) is 4.99 Å². The van der Waals surface area contributed by atoms with Crippen molar-refractivity contribution in [3.8, 4) is 0 Å². The number of amides is 1. The normalized spacial score (nSPS) is 15.4. The second-order valence-electron chi connectivity index (χ2n) is 10.7. The van der Waals surface area contributed by atoms with E-state index < -0.39 is 0 Å². The summed E-state index contributed by atoms with van der Waals surface area (Å²) in [7, 11) is 2.17. The maximum absolute atomic E-state index is 13.9. The Balaban J connectivity index is 1.56. The molecular weight excluding hydrogens is 520 g/mol. The zero-order valence-corrected chi connectivity index (χ0v) is 24.2. The Labute approximate surface area is 237 Å². The van der Waals surface area contributed by atoms with E-state index in [4.69, 9.17) is 9.98 Å². The fraction of sp³-hybridized carbons (Fsp3) is 0.367. The standard InChI is InChI=1S/C30H34N8OS/c1-19(2)34-27-22-10-11-25(37-13-7-12-36(4)14-15-37)35-28(22)38-23-8-5-6-9-24(23)40-30(38)26(27)29(39)33-18-21-17-31-20(3)16-32-21/h5-6,8-11,16-17,19H,7,12-15,18H2,1-4H3,(H,33,39). The van der Waals surface area contributed by atoms with Crippen molar-refractivity contribution in [2.75, 3.05) is 38.1 Å². The average Bonchev–Trinajstić information content (AvgIpc) is 3.19. The first-order chi connectivity index (χ1) is 19.4. The minimum atomic E-state index is -0.188. The summed E-state index contributed by atoms with van der Waals surface area (Å²) in [5.41, 5.74) is 3.96. The predicted molar refractivity (Wildman–Crippen MR) is 161 cm³/mol. The highest BCUT2D eigenvalue weighted by Gasteiger charge is 2.23.